The Hall–Kier alpha value is -2.49. The number of hydrogen-bond donors (Lipinski definition) is 0. The quantitative estimate of drug-likeness (QED) is 0.792. The zero-order valence-electron chi connectivity index (χ0n) is 13.5. The highest BCUT2D eigenvalue weighted by Crippen LogP contribution is 2.36. The summed E-state index contributed by atoms with van der Waals surface area (Å²) in [6.07, 6.45) is 0. The van der Waals surface area contributed by atoms with E-state index in [1.54, 1.807) is 19.2 Å². The molecule has 0 aliphatic rings. The molecule has 2 aromatic carbocycles. The van der Waals surface area contributed by atoms with Crippen molar-refractivity contribution in [1.29, 1.82) is 0 Å². The van der Waals surface area contributed by atoms with Gasteiger partial charge in [-0.15, -0.1) is 0 Å². The lowest BCUT2D eigenvalue weighted by Crippen LogP contribution is -2.10. The van der Waals surface area contributed by atoms with Crippen LogP contribution in [0.4, 0.5) is 0 Å². The van der Waals surface area contributed by atoms with E-state index in [4.69, 9.17) is 14.2 Å². The van der Waals surface area contributed by atoms with Crippen molar-refractivity contribution in [3.8, 4) is 17.2 Å². The average Bonchev–Trinajstić information content (AvgIpc) is 2.52. The van der Waals surface area contributed by atoms with Crippen LogP contribution in [-0.4, -0.2) is 27.1 Å². The second kappa shape index (κ2) is 6.52. The van der Waals surface area contributed by atoms with Crippen LogP contribution in [0.25, 0.3) is 0 Å². The summed E-state index contributed by atoms with van der Waals surface area (Å²) in [6.45, 7) is 3.84. The van der Waals surface area contributed by atoms with E-state index < -0.39 is 0 Å². The van der Waals surface area contributed by atoms with Crippen LogP contribution >= 0.6 is 0 Å². The first kappa shape index (κ1) is 15.9. The second-order valence-electron chi connectivity index (χ2n) is 5.00. The van der Waals surface area contributed by atoms with Crippen LogP contribution in [0.3, 0.4) is 0 Å². The molecule has 0 spiro atoms. The summed E-state index contributed by atoms with van der Waals surface area (Å²) in [4.78, 5) is 13.0. The van der Waals surface area contributed by atoms with E-state index in [-0.39, 0.29) is 5.78 Å². The van der Waals surface area contributed by atoms with Crippen LogP contribution in [0.15, 0.2) is 30.3 Å². The van der Waals surface area contributed by atoms with Gasteiger partial charge in [0.25, 0.3) is 0 Å². The Balaban J connectivity index is 2.68. The van der Waals surface area contributed by atoms with Gasteiger partial charge in [-0.2, -0.15) is 0 Å². The Morgan fingerprint density at radius 2 is 1.32 bits per heavy atom. The molecular weight excluding hydrogens is 280 g/mol. The summed E-state index contributed by atoms with van der Waals surface area (Å²) < 4.78 is 16.0. The fourth-order valence-electron chi connectivity index (χ4n) is 2.53. The van der Waals surface area contributed by atoms with Gasteiger partial charge in [0.1, 0.15) is 22.8 Å². The van der Waals surface area contributed by atoms with Gasteiger partial charge in [-0.05, 0) is 25.0 Å². The van der Waals surface area contributed by atoms with Gasteiger partial charge in [0.2, 0.25) is 5.78 Å². The minimum atomic E-state index is -0.119. The van der Waals surface area contributed by atoms with Gasteiger partial charge in [0.15, 0.2) is 0 Å². The largest absolute Gasteiger partial charge is 0.496 e. The van der Waals surface area contributed by atoms with Crippen molar-refractivity contribution in [2.24, 2.45) is 0 Å². The van der Waals surface area contributed by atoms with Gasteiger partial charge in [0.05, 0.1) is 21.3 Å². The second-order valence-corrected chi connectivity index (χ2v) is 5.00. The first-order chi connectivity index (χ1) is 10.5. The van der Waals surface area contributed by atoms with Crippen molar-refractivity contribution in [1.82, 2.24) is 0 Å². The number of rotatable bonds is 5. The predicted octanol–water partition coefficient (Wildman–Crippen LogP) is 3.56. The maximum atomic E-state index is 13.0. The third-order valence-corrected chi connectivity index (χ3v) is 3.65. The molecule has 0 saturated carbocycles. The zero-order valence-corrected chi connectivity index (χ0v) is 13.5. The van der Waals surface area contributed by atoms with Gasteiger partial charge in [-0.25, -0.2) is 0 Å². The zero-order chi connectivity index (χ0) is 16.3. The molecule has 0 aromatic heterocycles. The van der Waals surface area contributed by atoms with Crippen molar-refractivity contribution in [3.63, 3.8) is 0 Å². The van der Waals surface area contributed by atoms with E-state index in [0.717, 1.165) is 11.1 Å². The van der Waals surface area contributed by atoms with E-state index >= 15 is 0 Å². The number of ether oxygens (including phenoxy) is 3. The van der Waals surface area contributed by atoms with Crippen LogP contribution in [0.2, 0.25) is 0 Å². The Morgan fingerprint density at radius 1 is 0.818 bits per heavy atom. The number of benzene rings is 2. The SMILES string of the molecule is COc1cc(OC)c(C(=O)c2c(C)cccc2C)c(OC)c1. The van der Waals surface area contributed by atoms with E-state index in [9.17, 15) is 4.79 Å². The topological polar surface area (TPSA) is 44.8 Å². The molecule has 4 nitrogen and oxygen atoms in total. The van der Waals surface area contributed by atoms with Crippen LogP contribution < -0.4 is 14.2 Å². The van der Waals surface area contributed by atoms with Gasteiger partial charge in [-0.3, -0.25) is 4.79 Å². The number of aryl methyl sites for hydroxylation is 2. The first-order valence-electron chi connectivity index (χ1n) is 6.94. The average molecular weight is 300 g/mol. The molecule has 0 bridgehead atoms. The van der Waals surface area contributed by atoms with E-state index in [2.05, 4.69) is 0 Å². The molecule has 0 fully saturated rings. The molecule has 2 aromatic rings. The molecule has 0 heterocycles. The monoisotopic (exact) mass is 300 g/mol. The molecular formula is C18H20O4. The third kappa shape index (κ3) is 2.77. The van der Waals surface area contributed by atoms with E-state index in [0.29, 0.717) is 28.4 Å². The van der Waals surface area contributed by atoms with E-state index in [1.165, 1.54) is 14.2 Å². The number of carbonyl (C=O) groups excluding carboxylic acids is 1. The Labute approximate surface area is 130 Å². The lowest BCUT2D eigenvalue weighted by atomic mass is 9.94. The lowest BCUT2D eigenvalue weighted by Gasteiger charge is -2.16. The number of carbonyl (C=O) groups is 1. The first-order valence-corrected chi connectivity index (χ1v) is 6.94. The maximum Gasteiger partial charge on any atom is 0.201 e. The predicted molar refractivity (Wildman–Crippen MR) is 85.4 cm³/mol. The van der Waals surface area contributed by atoms with Gasteiger partial charge in [-0.1, -0.05) is 18.2 Å². The lowest BCUT2D eigenvalue weighted by molar-refractivity contribution is 0.103. The standard InChI is InChI=1S/C18H20O4/c1-11-7-6-8-12(2)16(11)18(19)17-14(21-4)9-13(20-3)10-15(17)22-5/h6-10H,1-5H3. The summed E-state index contributed by atoms with van der Waals surface area (Å²) in [6, 6.07) is 9.14. The Morgan fingerprint density at radius 3 is 1.73 bits per heavy atom. The molecule has 116 valence electrons. The van der Waals surface area contributed by atoms with Gasteiger partial charge in [0, 0.05) is 17.7 Å². The fourth-order valence-corrected chi connectivity index (χ4v) is 2.53. The minimum absolute atomic E-state index is 0.119. The summed E-state index contributed by atoms with van der Waals surface area (Å²) >= 11 is 0. The number of hydrogen-bond acceptors (Lipinski definition) is 4. The van der Waals surface area contributed by atoms with Crippen LogP contribution in [0.5, 0.6) is 17.2 Å². The molecule has 0 aliphatic carbocycles. The molecule has 2 rings (SSSR count). The fraction of sp³-hybridized carbons (Fsp3) is 0.278. The van der Waals surface area contributed by atoms with Crippen molar-refractivity contribution in [2.45, 2.75) is 13.8 Å². The van der Waals surface area contributed by atoms with Crippen molar-refractivity contribution in [2.75, 3.05) is 21.3 Å². The van der Waals surface area contributed by atoms with Crippen molar-refractivity contribution in [3.05, 3.63) is 52.6 Å². The molecule has 0 saturated heterocycles. The normalized spacial score (nSPS) is 10.2. The van der Waals surface area contributed by atoms with Crippen LogP contribution in [-0.2, 0) is 0 Å². The highest BCUT2D eigenvalue weighted by molar-refractivity contribution is 6.14. The molecule has 0 radical (unpaired) electrons. The molecule has 0 atom stereocenters. The van der Waals surface area contributed by atoms with Crippen molar-refractivity contribution < 1.29 is 19.0 Å². The summed E-state index contributed by atoms with van der Waals surface area (Å²) in [7, 11) is 4.60. The molecule has 0 N–H and O–H groups in total. The van der Waals surface area contributed by atoms with Gasteiger partial charge >= 0.3 is 0 Å². The smallest absolute Gasteiger partial charge is 0.201 e. The molecule has 0 aliphatic heterocycles. The maximum absolute atomic E-state index is 13.0. The third-order valence-electron chi connectivity index (χ3n) is 3.65. The van der Waals surface area contributed by atoms with Crippen LogP contribution in [0, 0.1) is 13.8 Å². The number of ketones is 1. The van der Waals surface area contributed by atoms with E-state index in [1.807, 2.05) is 32.0 Å². The highest BCUT2D eigenvalue weighted by atomic mass is 16.5. The highest BCUT2D eigenvalue weighted by Gasteiger charge is 2.23. The molecule has 4 heteroatoms. The molecule has 22 heavy (non-hydrogen) atoms. The Kier molecular flexibility index (Phi) is 4.71. The van der Waals surface area contributed by atoms with Crippen molar-refractivity contribution >= 4 is 5.78 Å². The Bertz CT molecular complexity index is 659. The summed E-state index contributed by atoms with van der Waals surface area (Å²) in [5.41, 5.74) is 2.92. The molecule has 0 unspecified atom stereocenters. The van der Waals surface area contributed by atoms with Crippen LogP contribution in [0.1, 0.15) is 27.0 Å². The van der Waals surface area contributed by atoms with Gasteiger partial charge < -0.3 is 14.2 Å². The number of methoxy groups -OCH3 is 3. The molecule has 0 amide bonds. The summed E-state index contributed by atoms with van der Waals surface area (Å²) in [5.74, 6) is 1.33. The summed E-state index contributed by atoms with van der Waals surface area (Å²) in [5, 5.41) is 0. The minimum Gasteiger partial charge on any atom is -0.496 e.